The van der Waals surface area contributed by atoms with Gasteiger partial charge < -0.3 is 14.2 Å². The normalized spacial score (nSPS) is 14.1. The van der Waals surface area contributed by atoms with Gasteiger partial charge in [-0.3, -0.25) is 0 Å². The number of carbonyl (C=O) groups excluding carboxylic acids is 2. The van der Waals surface area contributed by atoms with Crippen molar-refractivity contribution in [3.8, 4) is 11.5 Å². The van der Waals surface area contributed by atoms with Crippen LogP contribution in [0.15, 0.2) is 75.8 Å². The average Bonchev–Trinajstić information content (AvgIpc) is 3.16. The van der Waals surface area contributed by atoms with E-state index in [9.17, 15) is 9.59 Å². The SMILES string of the molecule is COc1cc(/C=C2\N=C(c3ccc(Br)cc3)OC2=O)cc(I)c1OC(=O)c1ccccc1Cl. The Labute approximate surface area is 216 Å². The van der Waals surface area contributed by atoms with Gasteiger partial charge in [0.05, 0.1) is 21.3 Å². The van der Waals surface area contributed by atoms with E-state index in [1.807, 2.05) is 34.7 Å². The van der Waals surface area contributed by atoms with Gasteiger partial charge in [-0.2, -0.15) is 0 Å². The molecule has 0 fully saturated rings. The molecule has 33 heavy (non-hydrogen) atoms. The number of halogens is 3. The van der Waals surface area contributed by atoms with E-state index >= 15 is 0 Å². The van der Waals surface area contributed by atoms with Crippen molar-refractivity contribution in [2.45, 2.75) is 0 Å². The summed E-state index contributed by atoms with van der Waals surface area (Å²) < 4.78 is 17.8. The first-order valence-electron chi connectivity index (χ1n) is 9.48. The molecular weight excluding hydrogens is 625 g/mol. The molecule has 1 aliphatic rings. The van der Waals surface area contributed by atoms with Gasteiger partial charge >= 0.3 is 11.9 Å². The quantitative estimate of drug-likeness (QED) is 0.142. The summed E-state index contributed by atoms with van der Waals surface area (Å²) >= 11 is 11.5. The average molecular weight is 639 g/mol. The summed E-state index contributed by atoms with van der Waals surface area (Å²) in [7, 11) is 1.46. The molecule has 0 radical (unpaired) electrons. The fourth-order valence-electron chi connectivity index (χ4n) is 2.98. The first kappa shape index (κ1) is 23.5. The van der Waals surface area contributed by atoms with Crippen molar-refractivity contribution in [2.24, 2.45) is 4.99 Å². The number of hydrogen-bond donors (Lipinski definition) is 0. The number of esters is 2. The summed E-state index contributed by atoms with van der Waals surface area (Å²) in [5.74, 6) is -0.372. The minimum atomic E-state index is -0.606. The fourth-order valence-corrected chi connectivity index (χ4v) is 4.19. The second-order valence-electron chi connectivity index (χ2n) is 6.75. The molecule has 0 spiro atoms. The van der Waals surface area contributed by atoms with Gasteiger partial charge in [0.25, 0.3) is 0 Å². The van der Waals surface area contributed by atoms with Crippen LogP contribution in [0.5, 0.6) is 11.5 Å². The van der Waals surface area contributed by atoms with Crippen molar-refractivity contribution in [1.82, 2.24) is 0 Å². The maximum atomic E-state index is 12.6. The maximum absolute atomic E-state index is 12.6. The van der Waals surface area contributed by atoms with Crippen LogP contribution in [0.3, 0.4) is 0 Å². The molecule has 166 valence electrons. The van der Waals surface area contributed by atoms with Gasteiger partial charge in [-0.25, -0.2) is 14.6 Å². The number of rotatable bonds is 5. The van der Waals surface area contributed by atoms with Gasteiger partial charge in [-0.15, -0.1) is 0 Å². The van der Waals surface area contributed by atoms with Gasteiger partial charge in [-0.05, 0) is 82.8 Å². The lowest BCUT2D eigenvalue weighted by Crippen LogP contribution is -2.11. The van der Waals surface area contributed by atoms with Crippen LogP contribution < -0.4 is 9.47 Å². The number of cyclic esters (lactones) is 1. The molecule has 1 heterocycles. The molecule has 0 N–H and O–H groups in total. The summed E-state index contributed by atoms with van der Waals surface area (Å²) in [5.41, 5.74) is 1.70. The zero-order valence-corrected chi connectivity index (χ0v) is 21.5. The Morgan fingerprint density at radius 1 is 1.15 bits per heavy atom. The van der Waals surface area contributed by atoms with E-state index in [0.717, 1.165) is 4.47 Å². The van der Waals surface area contributed by atoms with E-state index in [1.165, 1.54) is 7.11 Å². The highest BCUT2D eigenvalue weighted by molar-refractivity contribution is 14.1. The van der Waals surface area contributed by atoms with Crippen LogP contribution in [0.4, 0.5) is 0 Å². The standard InChI is InChI=1S/C24H14BrClINO5/c1-31-20-12-13(10-18(27)21(20)32-23(29)16-4-2-3-5-17(16)26)11-19-24(30)33-22(28-19)14-6-8-15(25)9-7-14/h2-12H,1H3/b19-11-. The van der Waals surface area contributed by atoms with Crippen LogP contribution in [0.1, 0.15) is 21.5 Å². The molecule has 0 saturated heterocycles. The number of benzene rings is 3. The van der Waals surface area contributed by atoms with Gasteiger partial charge in [0.1, 0.15) is 0 Å². The van der Waals surface area contributed by atoms with E-state index in [0.29, 0.717) is 20.4 Å². The van der Waals surface area contributed by atoms with E-state index in [2.05, 4.69) is 20.9 Å². The number of aliphatic imine (C=N–C) groups is 1. The molecule has 1 aliphatic heterocycles. The fraction of sp³-hybridized carbons (Fsp3) is 0.0417. The van der Waals surface area contributed by atoms with E-state index < -0.39 is 11.9 Å². The molecule has 3 aromatic carbocycles. The van der Waals surface area contributed by atoms with Crippen LogP contribution >= 0.6 is 50.1 Å². The first-order chi connectivity index (χ1) is 15.9. The minimum absolute atomic E-state index is 0.145. The van der Waals surface area contributed by atoms with E-state index in [1.54, 1.807) is 54.6 Å². The van der Waals surface area contributed by atoms with Crippen LogP contribution in [-0.2, 0) is 9.53 Å². The zero-order chi connectivity index (χ0) is 23.5. The highest BCUT2D eigenvalue weighted by Gasteiger charge is 2.25. The van der Waals surface area contributed by atoms with Gasteiger partial charge in [0, 0.05) is 10.0 Å². The number of hydrogen-bond acceptors (Lipinski definition) is 6. The lowest BCUT2D eigenvalue weighted by molar-refractivity contribution is -0.129. The molecule has 0 unspecified atom stereocenters. The van der Waals surface area contributed by atoms with E-state index in [-0.39, 0.29) is 27.9 Å². The molecule has 0 aromatic heterocycles. The van der Waals surface area contributed by atoms with Crippen LogP contribution in [-0.4, -0.2) is 24.9 Å². The van der Waals surface area contributed by atoms with Crippen molar-refractivity contribution in [1.29, 1.82) is 0 Å². The van der Waals surface area contributed by atoms with Crippen molar-refractivity contribution in [2.75, 3.05) is 7.11 Å². The molecule has 0 aliphatic carbocycles. The number of methoxy groups -OCH3 is 1. The molecular formula is C24H14BrClINO5. The molecule has 0 amide bonds. The second kappa shape index (κ2) is 10.1. The summed E-state index contributed by atoms with van der Waals surface area (Å²) in [5, 5.41) is 0.289. The molecule has 0 saturated carbocycles. The number of carbonyl (C=O) groups is 2. The lowest BCUT2D eigenvalue weighted by atomic mass is 10.1. The Kier molecular flexibility index (Phi) is 7.16. The Bertz CT molecular complexity index is 1320. The maximum Gasteiger partial charge on any atom is 0.363 e. The largest absolute Gasteiger partial charge is 0.493 e. The highest BCUT2D eigenvalue weighted by atomic mass is 127. The smallest absolute Gasteiger partial charge is 0.363 e. The first-order valence-corrected chi connectivity index (χ1v) is 11.7. The van der Waals surface area contributed by atoms with Crippen molar-refractivity contribution >= 4 is 74.0 Å². The minimum Gasteiger partial charge on any atom is -0.493 e. The predicted octanol–water partition coefficient (Wildman–Crippen LogP) is 6.28. The Morgan fingerprint density at radius 3 is 2.58 bits per heavy atom. The summed E-state index contributed by atoms with van der Waals surface area (Å²) in [6.07, 6.45) is 1.58. The topological polar surface area (TPSA) is 74.2 Å². The third-order valence-electron chi connectivity index (χ3n) is 4.56. The van der Waals surface area contributed by atoms with Gasteiger partial charge in [-0.1, -0.05) is 39.7 Å². The van der Waals surface area contributed by atoms with Crippen LogP contribution in [0, 0.1) is 3.57 Å². The predicted molar refractivity (Wildman–Crippen MR) is 137 cm³/mol. The third kappa shape index (κ3) is 5.29. The van der Waals surface area contributed by atoms with Crippen molar-refractivity contribution in [3.63, 3.8) is 0 Å². The highest BCUT2D eigenvalue weighted by Crippen LogP contribution is 2.36. The second-order valence-corrected chi connectivity index (χ2v) is 9.23. The van der Waals surface area contributed by atoms with Crippen molar-refractivity contribution in [3.05, 3.63) is 96.1 Å². The van der Waals surface area contributed by atoms with Gasteiger partial charge in [0.15, 0.2) is 17.2 Å². The van der Waals surface area contributed by atoms with Crippen molar-refractivity contribution < 1.29 is 23.8 Å². The monoisotopic (exact) mass is 637 g/mol. The number of ether oxygens (including phenoxy) is 3. The molecule has 4 rings (SSSR count). The summed E-state index contributed by atoms with van der Waals surface area (Å²) in [6, 6.07) is 17.3. The third-order valence-corrected chi connectivity index (χ3v) is 6.21. The molecule has 9 heteroatoms. The molecule has 0 bridgehead atoms. The molecule has 6 nitrogen and oxygen atoms in total. The van der Waals surface area contributed by atoms with E-state index in [4.69, 9.17) is 25.8 Å². The van der Waals surface area contributed by atoms with Gasteiger partial charge in [0.2, 0.25) is 5.90 Å². The Morgan fingerprint density at radius 2 is 1.88 bits per heavy atom. The van der Waals surface area contributed by atoms with Crippen LogP contribution in [0.25, 0.3) is 6.08 Å². The summed E-state index contributed by atoms with van der Waals surface area (Å²) in [6.45, 7) is 0. The zero-order valence-electron chi connectivity index (χ0n) is 17.0. The Hall–Kier alpha value is -2.69. The molecule has 0 atom stereocenters. The number of nitrogens with zero attached hydrogens (tertiary/aromatic N) is 1. The molecule has 3 aromatic rings. The Balaban J connectivity index is 1.63. The lowest BCUT2D eigenvalue weighted by Gasteiger charge is -2.13. The van der Waals surface area contributed by atoms with Crippen LogP contribution in [0.2, 0.25) is 5.02 Å². The summed E-state index contributed by atoms with van der Waals surface area (Å²) in [4.78, 5) is 29.3.